The second-order valence-electron chi connectivity index (χ2n) is 3.52. The third kappa shape index (κ3) is 5.69. The van der Waals surface area contributed by atoms with E-state index in [9.17, 15) is 4.79 Å². The Morgan fingerprint density at radius 1 is 1.65 bits per heavy atom. The number of rotatable bonds is 8. The quantitative estimate of drug-likeness (QED) is 0.761. The lowest BCUT2D eigenvalue weighted by molar-refractivity contribution is -0.142. The maximum atomic E-state index is 10.2. The standard InChI is InChI=1S/C10H16N2O4S/c1-3-7(2)17-6-8-11-9(16-12-8)4-15-5-10(13)14/h7H,3-6H2,1-2H3,(H,13,14). The van der Waals surface area contributed by atoms with Crippen molar-refractivity contribution in [2.24, 2.45) is 0 Å². The third-order valence-electron chi connectivity index (χ3n) is 2.03. The van der Waals surface area contributed by atoms with Gasteiger partial charge in [-0.2, -0.15) is 16.7 Å². The Bertz CT molecular complexity index is 356. The molecule has 0 fully saturated rings. The molecule has 0 amide bonds. The van der Waals surface area contributed by atoms with Gasteiger partial charge < -0.3 is 14.4 Å². The summed E-state index contributed by atoms with van der Waals surface area (Å²) in [5, 5.41) is 12.7. The molecule has 1 rings (SSSR count). The van der Waals surface area contributed by atoms with Crippen LogP contribution in [0, 0.1) is 0 Å². The maximum Gasteiger partial charge on any atom is 0.329 e. The first kappa shape index (κ1) is 14.0. The Kier molecular flexibility index (Phi) is 5.99. The van der Waals surface area contributed by atoms with Gasteiger partial charge in [0.25, 0.3) is 5.89 Å². The molecule has 0 aliphatic heterocycles. The van der Waals surface area contributed by atoms with Crippen LogP contribution in [0.5, 0.6) is 0 Å². The molecule has 1 N–H and O–H groups in total. The van der Waals surface area contributed by atoms with E-state index in [1.54, 1.807) is 11.8 Å². The summed E-state index contributed by atoms with van der Waals surface area (Å²) in [6, 6.07) is 0. The zero-order chi connectivity index (χ0) is 12.7. The van der Waals surface area contributed by atoms with Gasteiger partial charge in [0, 0.05) is 5.25 Å². The molecule has 1 heterocycles. The topological polar surface area (TPSA) is 85.5 Å². The highest BCUT2D eigenvalue weighted by Crippen LogP contribution is 2.17. The number of aliphatic carboxylic acids is 1. The lowest BCUT2D eigenvalue weighted by Gasteiger charge is -2.04. The summed E-state index contributed by atoms with van der Waals surface area (Å²) in [6.45, 7) is 3.94. The van der Waals surface area contributed by atoms with Crippen molar-refractivity contribution in [3.05, 3.63) is 11.7 Å². The molecule has 1 aromatic rings. The van der Waals surface area contributed by atoms with Crippen LogP contribution >= 0.6 is 11.8 Å². The number of hydrogen-bond acceptors (Lipinski definition) is 6. The second-order valence-corrected chi connectivity index (χ2v) is 4.95. The van der Waals surface area contributed by atoms with Crippen LogP contribution in [0.3, 0.4) is 0 Å². The SMILES string of the molecule is CCC(C)SCc1noc(COCC(=O)O)n1. The van der Waals surface area contributed by atoms with Gasteiger partial charge in [-0.15, -0.1) is 0 Å². The molecule has 7 heteroatoms. The summed E-state index contributed by atoms with van der Waals surface area (Å²) in [5.74, 6) is 0.601. The first-order chi connectivity index (χ1) is 8.11. The molecule has 1 atom stereocenters. The second kappa shape index (κ2) is 7.29. The van der Waals surface area contributed by atoms with E-state index in [1.807, 2.05) is 0 Å². The van der Waals surface area contributed by atoms with Crippen LogP contribution in [-0.2, 0) is 21.9 Å². The molecule has 0 aliphatic rings. The predicted molar refractivity (Wildman–Crippen MR) is 62.6 cm³/mol. The molecule has 1 aromatic heterocycles. The van der Waals surface area contributed by atoms with Gasteiger partial charge in [0.2, 0.25) is 0 Å². The Balaban J connectivity index is 2.29. The van der Waals surface area contributed by atoms with Crippen molar-refractivity contribution in [1.82, 2.24) is 10.1 Å². The van der Waals surface area contributed by atoms with Crippen molar-refractivity contribution < 1.29 is 19.2 Å². The fourth-order valence-electron chi connectivity index (χ4n) is 0.968. The van der Waals surface area contributed by atoms with Crippen LogP contribution in [0.4, 0.5) is 0 Å². The molecule has 0 bridgehead atoms. The third-order valence-corrected chi connectivity index (χ3v) is 3.36. The minimum Gasteiger partial charge on any atom is -0.480 e. The average molecular weight is 260 g/mol. The fraction of sp³-hybridized carbons (Fsp3) is 0.700. The highest BCUT2D eigenvalue weighted by atomic mass is 32.2. The van der Waals surface area contributed by atoms with Gasteiger partial charge in [0.15, 0.2) is 5.82 Å². The molecular formula is C10H16N2O4S. The number of carbonyl (C=O) groups is 1. The van der Waals surface area contributed by atoms with Gasteiger partial charge in [0.1, 0.15) is 13.2 Å². The summed E-state index contributed by atoms with van der Waals surface area (Å²) >= 11 is 1.75. The molecule has 17 heavy (non-hydrogen) atoms. The zero-order valence-corrected chi connectivity index (χ0v) is 10.7. The normalized spacial score (nSPS) is 12.6. The number of hydrogen-bond donors (Lipinski definition) is 1. The first-order valence-corrected chi connectivity index (χ1v) is 6.39. The van der Waals surface area contributed by atoms with E-state index in [4.69, 9.17) is 14.4 Å². The van der Waals surface area contributed by atoms with Gasteiger partial charge in [-0.3, -0.25) is 0 Å². The molecule has 0 saturated carbocycles. The van der Waals surface area contributed by atoms with Crippen molar-refractivity contribution in [3.8, 4) is 0 Å². The van der Waals surface area contributed by atoms with Gasteiger partial charge in [0.05, 0.1) is 5.75 Å². The van der Waals surface area contributed by atoms with E-state index in [0.717, 1.165) is 6.42 Å². The van der Waals surface area contributed by atoms with Crippen LogP contribution < -0.4 is 0 Å². The van der Waals surface area contributed by atoms with E-state index in [1.165, 1.54) is 0 Å². The fourth-order valence-corrected chi connectivity index (χ4v) is 1.75. The van der Waals surface area contributed by atoms with Crippen molar-refractivity contribution in [3.63, 3.8) is 0 Å². The van der Waals surface area contributed by atoms with Crippen LogP contribution in [-0.4, -0.2) is 33.1 Å². The molecule has 6 nitrogen and oxygen atoms in total. The summed E-state index contributed by atoms with van der Waals surface area (Å²) in [6.07, 6.45) is 1.09. The lowest BCUT2D eigenvalue weighted by atomic mass is 10.4. The van der Waals surface area contributed by atoms with Crippen molar-refractivity contribution in [1.29, 1.82) is 0 Å². The van der Waals surface area contributed by atoms with E-state index < -0.39 is 5.97 Å². The van der Waals surface area contributed by atoms with Crippen LogP contribution in [0.15, 0.2) is 4.52 Å². The highest BCUT2D eigenvalue weighted by Gasteiger charge is 2.09. The number of ether oxygens (including phenoxy) is 1. The van der Waals surface area contributed by atoms with E-state index >= 15 is 0 Å². The maximum absolute atomic E-state index is 10.2. The molecule has 96 valence electrons. The summed E-state index contributed by atoms with van der Waals surface area (Å²) < 4.78 is 9.76. The van der Waals surface area contributed by atoms with Gasteiger partial charge in [-0.25, -0.2) is 4.79 Å². The minimum atomic E-state index is -1.02. The summed E-state index contributed by atoms with van der Waals surface area (Å²) in [4.78, 5) is 14.3. The summed E-state index contributed by atoms with van der Waals surface area (Å²) in [5.41, 5.74) is 0. The molecule has 0 aliphatic carbocycles. The monoisotopic (exact) mass is 260 g/mol. The molecule has 0 aromatic carbocycles. The number of nitrogens with zero attached hydrogens (tertiary/aromatic N) is 2. The zero-order valence-electron chi connectivity index (χ0n) is 9.88. The molecule has 0 spiro atoms. The van der Waals surface area contributed by atoms with Crippen molar-refractivity contribution >= 4 is 17.7 Å². The number of carboxylic acids is 1. The predicted octanol–water partition coefficient (Wildman–Crippen LogP) is 1.70. The molecule has 0 saturated heterocycles. The van der Waals surface area contributed by atoms with Crippen LogP contribution in [0.2, 0.25) is 0 Å². The Morgan fingerprint density at radius 3 is 3.06 bits per heavy atom. The summed E-state index contributed by atoms with van der Waals surface area (Å²) in [7, 11) is 0. The van der Waals surface area contributed by atoms with E-state index in [0.29, 0.717) is 22.7 Å². The highest BCUT2D eigenvalue weighted by molar-refractivity contribution is 7.99. The largest absolute Gasteiger partial charge is 0.480 e. The Morgan fingerprint density at radius 2 is 2.41 bits per heavy atom. The van der Waals surface area contributed by atoms with Gasteiger partial charge in [-0.1, -0.05) is 19.0 Å². The molecule has 0 radical (unpaired) electrons. The number of aromatic nitrogens is 2. The van der Waals surface area contributed by atoms with E-state index in [2.05, 4.69) is 24.0 Å². The number of carboxylic acid groups (broad SMARTS) is 1. The molecule has 1 unspecified atom stereocenters. The van der Waals surface area contributed by atoms with Gasteiger partial charge >= 0.3 is 5.97 Å². The average Bonchev–Trinajstić information content (AvgIpc) is 2.73. The van der Waals surface area contributed by atoms with Crippen LogP contribution in [0.25, 0.3) is 0 Å². The Labute approximate surface area is 104 Å². The van der Waals surface area contributed by atoms with Crippen molar-refractivity contribution in [2.45, 2.75) is 37.9 Å². The minimum absolute atomic E-state index is 0.0350. The molecular weight excluding hydrogens is 244 g/mol. The Hall–Kier alpha value is -1.08. The lowest BCUT2D eigenvalue weighted by Crippen LogP contribution is -2.06. The number of thioether (sulfide) groups is 1. The van der Waals surface area contributed by atoms with Crippen molar-refractivity contribution in [2.75, 3.05) is 6.61 Å². The van der Waals surface area contributed by atoms with E-state index in [-0.39, 0.29) is 13.2 Å². The van der Waals surface area contributed by atoms with Gasteiger partial charge in [-0.05, 0) is 6.42 Å². The smallest absolute Gasteiger partial charge is 0.329 e. The van der Waals surface area contributed by atoms with Crippen LogP contribution in [0.1, 0.15) is 32.0 Å². The first-order valence-electron chi connectivity index (χ1n) is 5.34.